The van der Waals surface area contributed by atoms with Gasteiger partial charge in [-0.05, 0) is 25.5 Å². The molecule has 3 nitrogen and oxygen atoms in total. The molecule has 3 heteroatoms. The van der Waals surface area contributed by atoms with Gasteiger partial charge in [-0.2, -0.15) is 0 Å². The monoisotopic (exact) mass is 234 g/mol. The summed E-state index contributed by atoms with van der Waals surface area (Å²) >= 11 is 0. The highest BCUT2D eigenvalue weighted by atomic mass is 16.3. The number of rotatable bonds is 8. The van der Waals surface area contributed by atoms with E-state index in [4.69, 9.17) is 4.42 Å². The molecule has 0 aromatic carbocycles. The zero-order valence-corrected chi connectivity index (χ0v) is 10.6. The van der Waals surface area contributed by atoms with E-state index in [2.05, 4.69) is 29.8 Å². The fourth-order valence-electron chi connectivity index (χ4n) is 1.90. The molecule has 1 N–H and O–H groups in total. The van der Waals surface area contributed by atoms with Gasteiger partial charge in [0.15, 0.2) is 0 Å². The molecular formula is C14H22N2O. The Morgan fingerprint density at radius 1 is 1.59 bits per heavy atom. The molecule has 1 saturated carbocycles. The minimum atomic E-state index is 0.744. The lowest BCUT2D eigenvalue weighted by Crippen LogP contribution is -2.24. The van der Waals surface area contributed by atoms with Gasteiger partial charge >= 0.3 is 0 Å². The molecule has 1 fully saturated rings. The van der Waals surface area contributed by atoms with Crippen molar-refractivity contribution in [3.05, 3.63) is 36.3 Å². The van der Waals surface area contributed by atoms with Crippen molar-refractivity contribution in [1.29, 1.82) is 0 Å². The molecule has 1 aromatic rings. The van der Waals surface area contributed by atoms with E-state index < -0.39 is 0 Å². The summed E-state index contributed by atoms with van der Waals surface area (Å²) in [5.74, 6) is 1.09. The zero-order chi connectivity index (χ0) is 12.1. The second kappa shape index (κ2) is 6.03. The molecule has 1 aliphatic carbocycles. The second-order valence-corrected chi connectivity index (χ2v) is 4.64. The Morgan fingerprint density at radius 2 is 2.41 bits per heavy atom. The molecular weight excluding hydrogens is 212 g/mol. The summed E-state index contributed by atoms with van der Waals surface area (Å²) in [5, 5.41) is 3.52. The molecule has 0 aliphatic heterocycles. The van der Waals surface area contributed by atoms with E-state index >= 15 is 0 Å². The maximum atomic E-state index is 5.58. The van der Waals surface area contributed by atoms with Gasteiger partial charge in [0.1, 0.15) is 5.76 Å². The average Bonchev–Trinajstić information content (AvgIpc) is 3.07. The van der Waals surface area contributed by atoms with Crippen LogP contribution in [-0.2, 0) is 13.1 Å². The van der Waals surface area contributed by atoms with E-state index in [9.17, 15) is 0 Å². The van der Waals surface area contributed by atoms with Gasteiger partial charge < -0.3 is 9.73 Å². The van der Waals surface area contributed by atoms with E-state index in [1.54, 1.807) is 6.26 Å². The van der Waals surface area contributed by atoms with Gasteiger partial charge in [-0.15, -0.1) is 6.58 Å². The van der Waals surface area contributed by atoms with Crippen LogP contribution in [0, 0.1) is 0 Å². The van der Waals surface area contributed by atoms with Crippen LogP contribution in [0.1, 0.15) is 31.1 Å². The van der Waals surface area contributed by atoms with E-state index in [1.807, 2.05) is 6.08 Å². The van der Waals surface area contributed by atoms with Crippen molar-refractivity contribution < 1.29 is 4.42 Å². The summed E-state index contributed by atoms with van der Waals surface area (Å²) in [6, 6.07) is 2.82. The topological polar surface area (TPSA) is 28.4 Å². The summed E-state index contributed by atoms with van der Waals surface area (Å²) in [4.78, 5) is 2.31. The molecule has 0 saturated heterocycles. The van der Waals surface area contributed by atoms with E-state index in [-0.39, 0.29) is 0 Å². The van der Waals surface area contributed by atoms with E-state index in [0.29, 0.717) is 0 Å². The maximum Gasteiger partial charge on any atom is 0.122 e. The van der Waals surface area contributed by atoms with Crippen molar-refractivity contribution in [2.24, 2.45) is 0 Å². The van der Waals surface area contributed by atoms with Crippen LogP contribution in [0.15, 0.2) is 29.4 Å². The van der Waals surface area contributed by atoms with Crippen molar-refractivity contribution in [1.82, 2.24) is 10.2 Å². The fourth-order valence-corrected chi connectivity index (χ4v) is 1.90. The standard InChI is InChI=1S/C14H22N2O/c1-3-8-16(4-2)11-14-12(7-9-17-14)10-15-13-5-6-13/h3,7,9,13,15H,1,4-6,8,10-11H2,2H3. The Labute approximate surface area is 103 Å². The smallest absolute Gasteiger partial charge is 0.122 e. The summed E-state index contributed by atoms with van der Waals surface area (Å²) in [6.45, 7) is 9.67. The molecule has 0 spiro atoms. The molecule has 1 aliphatic rings. The van der Waals surface area contributed by atoms with Gasteiger partial charge in [-0.25, -0.2) is 0 Å². The van der Waals surface area contributed by atoms with Crippen molar-refractivity contribution in [2.75, 3.05) is 13.1 Å². The molecule has 1 heterocycles. The molecule has 1 aromatic heterocycles. The molecule has 0 bridgehead atoms. The number of hydrogen-bond donors (Lipinski definition) is 1. The predicted molar refractivity (Wildman–Crippen MR) is 69.7 cm³/mol. The fraction of sp³-hybridized carbons (Fsp3) is 0.571. The van der Waals surface area contributed by atoms with Crippen molar-refractivity contribution >= 4 is 0 Å². The minimum absolute atomic E-state index is 0.744. The number of likely N-dealkylation sites (N-methyl/N-ethyl adjacent to an activating group) is 1. The zero-order valence-electron chi connectivity index (χ0n) is 10.6. The van der Waals surface area contributed by atoms with Gasteiger partial charge in [0.25, 0.3) is 0 Å². The lowest BCUT2D eigenvalue weighted by atomic mass is 10.2. The van der Waals surface area contributed by atoms with Crippen LogP contribution >= 0.6 is 0 Å². The number of nitrogens with zero attached hydrogens (tertiary/aromatic N) is 1. The SMILES string of the molecule is C=CCN(CC)Cc1occc1CNC1CC1. The van der Waals surface area contributed by atoms with Crippen LogP contribution in [0.3, 0.4) is 0 Å². The predicted octanol–water partition coefficient (Wildman–Crippen LogP) is 2.54. The van der Waals surface area contributed by atoms with Crippen molar-refractivity contribution in [3.8, 4) is 0 Å². The third-order valence-corrected chi connectivity index (χ3v) is 3.20. The first-order valence-corrected chi connectivity index (χ1v) is 6.45. The first kappa shape index (κ1) is 12.4. The largest absolute Gasteiger partial charge is 0.468 e. The third-order valence-electron chi connectivity index (χ3n) is 3.20. The van der Waals surface area contributed by atoms with E-state index in [1.165, 1.54) is 18.4 Å². The molecule has 0 radical (unpaired) electrons. The van der Waals surface area contributed by atoms with Crippen molar-refractivity contribution in [3.63, 3.8) is 0 Å². The van der Waals surface area contributed by atoms with Gasteiger partial charge in [0.2, 0.25) is 0 Å². The van der Waals surface area contributed by atoms with Gasteiger partial charge in [-0.3, -0.25) is 4.90 Å². The summed E-state index contributed by atoms with van der Waals surface area (Å²) in [6.07, 6.45) is 6.38. The Morgan fingerprint density at radius 3 is 3.06 bits per heavy atom. The minimum Gasteiger partial charge on any atom is -0.468 e. The molecule has 94 valence electrons. The Hall–Kier alpha value is -1.06. The van der Waals surface area contributed by atoms with Gasteiger partial charge in [0, 0.05) is 24.7 Å². The quantitative estimate of drug-likeness (QED) is 0.701. The summed E-state index contributed by atoms with van der Waals surface area (Å²) in [5.41, 5.74) is 1.29. The van der Waals surface area contributed by atoms with Crippen LogP contribution in [0.25, 0.3) is 0 Å². The van der Waals surface area contributed by atoms with E-state index in [0.717, 1.165) is 38.0 Å². The normalized spacial score (nSPS) is 15.4. The number of hydrogen-bond acceptors (Lipinski definition) is 3. The lowest BCUT2D eigenvalue weighted by molar-refractivity contribution is 0.279. The highest BCUT2D eigenvalue weighted by Crippen LogP contribution is 2.20. The lowest BCUT2D eigenvalue weighted by Gasteiger charge is -2.17. The van der Waals surface area contributed by atoms with Crippen LogP contribution in [0.4, 0.5) is 0 Å². The molecule has 0 amide bonds. The van der Waals surface area contributed by atoms with Gasteiger partial charge in [0.05, 0.1) is 12.8 Å². The van der Waals surface area contributed by atoms with Crippen LogP contribution < -0.4 is 5.32 Å². The highest BCUT2D eigenvalue weighted by Gasteiger charge is 2.21. The number of furan rings is 1. The Bertz CT molecular complexity index is 355. The first-order valence-electron chi connectivity index (χ1n) is 6.45. The molecule has 2 rings (SSSR count). The summed E-state index contributed by atoms with van der Waals surface area (Å²) < 4.78 is 5.58. The highest BCUT2D eigenvalue weighted by molar-refractivity contribution is 5.17. The first-order chi connectivity index (χ1) is 8.33. The molecule has 0 atom stereocenters. The Kier molecular flexibility index (Phi) is 4.40. The summed E-state index contributed by atoms with van der Waals surface area (Å²) in [7, 11) is 0. The third kappa shape index (κ3) is 3.72. The Balaban J connectivity index is 1.89. The van der Waals surface area contributed by atoms with Crippen LogP contribution in [-0.4, -0.2) is 24.0 Å². The number of nitrogens with one attached hydrogen (secondary N) is 1. The average molecular weight is 234 g/mol. The van der Waals surface area contributed by atoms with Crippen LogP contribution in [0.5, 0.6) is 0 Å². The van der Waals surface area contributed by atoms with Crippen molar-refractivity contribution in [2.45, 2.75) is 38.9 Å². The van der Waals surface area contributed by atoms with Gasteiger partial charge in [-0.1, -0.05) is 13.0 Å². The second-order valence-electron chi connectivity index (χ2n) is 4.64. The van der Waals surface area contributed by atoms with Crippen LogP contribution in [0.2, 0.25) is 0 Å². The maximum absolute atomic E-state index is 5.58. The molecule has 0 unspecified atom stereocenters. The molecule has 17 heavy (non-hydrogen) atoms.